The van der Waals surface area contributed by atoms with Crippen LogP contribution in [0.3, 0.4) is 0 Å². The third kappa shape index (κ3) is 34.8. The number of nitrogens with zero attached hydrogens (tertiary/aromatic N) is 1. The van der Waals surface area contributed by atoms with Gasteiger partial charge in [0.15, 0.2) is 2.82 Å². The number of benzene rings is 1. The normalized spacial score (nSPS) is 20.1. The van der Waals surface area contributed by atoms with Crippen LogP contribution in [0.5, 0.6) is 0 Å². The molecule has 4 heterocycles. The highest BCUT2D eigenvalue weighted by molar-refractivity contribution is 5.84. The molecular formula is C47H83N13O14. The topological polar surface area (TPSA) is 522 Å². The molecule has 8 atom stereocenters. The Hall–Kier alpha value is -6.43. The zero-order valence-corrected chi connectivity index (χ0v) is 41.3. The second kappa shape index (κ2) is 41.0. The van der Waals surface area contributed by atoms with Crippen LogP contribution in [0.2, 0.25) is 14.1 Å². The van der Waals surface area contributed by atoms with Crippen molar-refractivity contribution in [3.8, 4) is 0 Å². The molecule has 420 valence electrons. The van der Waals surface area contributed by atoms with E-state index in [0.717, 1.165) is 44.9 Å². The summed E-state index contributed by atoms with van der Waals surface area (Å²) in [6.07, 6.45) is 10.8. The van der Waals surface area contributed by atoms with Gasteiger partial charge in [-0.25, -0.2) is 4.98 Å². The second-order valence-corrected chi connectivity index (χ2v) is 16.3. The van der Waals surface area contributed by atoms with Crippen molar-refractivity contribution >= 4 is 58.3 Å². The molecule has 0 radical (unpaired) electrons. The Bertz CT molecular complexity index is 2430. The zero-order chi connectivity index (χ0) is 65.7. The van der Waals surface area contributed by atoms with Crippen molar-refractivity contribution in [2.24, 2.45) is 34.4 Å². The number of Topliss-reactive ketones (excluding diaryl/α,β-unsaturated/α-hetero) is 1. The maximum Gasteiger partial charge on any atom is 0.320 e. The highest BCUT2D eigenvalue weighted by Gasteiger charge is 2.27. The summed E-state index contributed by atoms with van der Waals surface area (Å²) in [4.78, 5) is 81.2. The fourth-order valence-electron chi connectivity index (χ4n) is 5.74. The van der Waals surface area contributed by atoms with Crippen molar-refractivity contribution in [2.45, 2.75) is 153 Å². The van der Waals surface area contributed by atoms with E-state index in [4.69, 9.17) is 52.6 Å². The Balaban J connectivity index is 0. The molecule has 2 aliphatic rings. The number of carbonyl (C=O) groups is 7. The van der Waals surface area contributed by atoms with Gasteiger partial charge in [-0.3, -0.25) is 39.0 Å². The molecule has 8 unspecified atom stereocenters. The van der Waals surface area contributed by atoms with Crippen LogP contribution in [0.4, 0.5) is 0 Å². The lowest BCUT2D eigenvalue weighted by Gasteiger charge is -2.07. The van der Waals surface area contributed by atoms with Gasteiger partial charge in [-0.05, 0) is 83.5 Å². The summed E-state index contributed by atoms with van der Waals surface area (Å²) in [5.74, 6) is -5.76. The van der Waals surface area contributed by atoms with Gasteiger partial charge in [0, 0.05) is 58.4 Å². The van der Waals surface area contributed by atoms with E-state index < -0.39 is 84.2 Å². The highest BCUT2D eigenvalue weighted by atomic mass is 16.4. The van der Waals surface area contributed by atoms with Gasteiger partial charge in [-0.2, -0.15) is 0 Å². The Morgan fingerprint density at radius 3 is 1.89 bits per heavy atom. The number of unbranched alkanes of at least 4 members (excludes halogenated alkanes) is 2. The summed E-state index contributed by atoms with van der Waals surface area (Å²) < 4.78 is 82.2. The SMILES string of the molecule is [2H]CC(=N[2H])NCCCC(N[2H])C(C)=O.[2H]CCCCC(N[2H])C(=O)O.[2H]N1CC(O)CC1C(=O)O.[2H]N1CCCC1C(=O)O.[2H]NC(Cc1c[nH]c2ccccc12)C(=O)O.[2H]NC(Cc1cn([2H])cn1)C(=O)O.[2H]NCCCCC(N[2H])C(=O)O. The fourth-order valence-corrected chi connectivity index (χ4v) is 5.74. The van der Waals surface area contributed by atoms with Crippen LogP contribution in [0.1, 0.15) is 105 Å². The number of rotatable bonds is 28. The summed E-state index contributed by atoms with van der Waals surface area (Å²) in [7, 11) is 0. The second-order valence-electron chi connectivity index (χ2n) is 16.3. The Morgan fingerprint density at radius 2 is 1.43 bits per heavy atom. The third-order valence-electron chi connectivity index (χ3n) is 9.96. The number of nitrogens with two attached hydrogens (primary N) is 6. The number of carboxylic acids is 6. The molecule has 0 spiro atoms. The number of carbonyl (C=O) groups excluding carboxylic acids is 1. The number of aromatic amines is 2. The number of aliphatic carboxylic acids is 6. The number of β-amino-alcohol motifs (C(OH)–C–C–N with tert-alkyl or cyclic N) is 1. The first-order chi connectivity index (χ1) is 40.8. The lowest BCUT2D eigenvalue weighted by atomic mass is 10.1. The van der Waals surface area contributed by atoms with Crippen molar-refractivity contribution in [2.75, 3.05) is 26.2 Å². The number of ketones is 1. The first kappa shape index (κ1) is 49.8. The molecule has 2 aromatic heterocycles. The van der Waals surface area contributed by atoms with E-state index in [0.29, 0.717) is 95.9 Å². The van der Waals surface area contributed by atoms with Crippen LogP contribution < -0.4 is 50.3 Å². The van der Waals surface area contributed by atoms with E-state index in [2.05, 4.69) is 32.1 Å². The number of aliphatic hydroxyl groups excluding tert-OH is 1. The van der Waals surface area contributed by atoms with Gasteiger partial charge < -0.3 is 96.0 Å². The minimum Gasteiger partial charge on any atom is -0.480 e. The maximum absolute atomic E-state index is 10.9. The Labute approximate surface area is 447 Å². The van der Waals surface area contributed by atoms with Gasteiger partial charge in [-0.1, -0.05) is 44.4 Å². The first-order valence-corrected chi connectivity index (χ1v) is 23.2. The average molecular weight is 1070 g/mol. The minimum absolute atomic E-state index is 0.0453. The molecule has 0 saturated carbocycles. The molecule has 2 fully saturated rings. The van der Waals surface area contributed by atoms with Crippen molar-refractivity contribution in [3.05, 3.63) is 54.2 Å². The number of hydrogen-bond donors (Lipinski definition) is 19. The van der Waals surface area contributed by atoms with E-state index in [1.165, 1.54) is 19.4 Å². The molecule has 2 saturated heterocycles. The number of fused-ring (bicyclic) bond motifs is 1. The number of imidazole rings is 1. The van der Waals surface area contributed by atoms with Gasteiger partial charge in [0.1, 0.15) is 53.3 Å². The predicted octanol–water partition coefficient (Wildman–Crippen LogP) is -0.511. The van der Waals surface area contributed by atoms with Crippen molar-refractivity contribution < 1.29 is 86.2 Å². The molecule has 0 aliphatic carbocycles. The quantitative estimate of drug-likeness (QED) is 0.0247. The number of amidine groups is 1. The Morgan fingerprint density at radius 1 is 0.811 bits per heavy atom. The van der Waals surface area contributed by atoms with Gasteiger partial charge in [0.05, 0.1) is 30.0 Å². The number of para-hydroxylation sites is 1. The van der Waals surface area contributed by atoms with Crippen LogP contribution in [0.25, 0.3) is 10.9 Å². The third-order valence-corrected chi connectivity index (χ3v) is 9.96. The summed E-state index contributed by atoms with van der Waals surface area (Å²) >= 11 is 0. The van der Waals surface area contributed by atoms with E-state index in [1.54, 1.807) is 6.20 Å². The molecule has 25 N–H and O–H groups in total. The summed E-state index contributed by atoms with van der Waals surface area (Å²) in [6, 6.07) is 2.47. The van der Waals surface area contributed by atoms with Gasteiger partial charge in [0.2, 0.25) is 0 Å². The van der Waals surface area contributed by atoms with E-state index in [-0.39, 0.29) is 32.1 Å². The lowest BCUT2D eigenvalue weighted by Crippen LogP contribution is -2.32. The van der Waals surface area contributed by atoms with Crippen LogP contribution >= 0.6 is 0 Å². The number of carboxylic acid groups (broad SMARTS) is 6. The van der Waals surface area contributed by atoms with Crippen molar-refractivity contribution in [1.82, 2.24) is 30.9 Å². The van der Waals surface area contributed by atoms with Crippen LogP contribution in [0.15, 0.2) is 43.0 Å². The maximum atomic E-state index is 10.9. The average Bonchev–Trinajstić information content (AvgIpc) is 4.38. The van der Waals surface area contributed by atoms with Crippen LogP contribution in [0, 0.1) is 5.40 Å². The van der Waals surface area contributed by atoms with Gasteiger partial charge in [-0.15, -0.1) is 0 Å². The van der Waals surface area contributed by atoms with Gasteiger partial charge >= 0.3 is 35.8 Å². The molecule has 74 heavy (non-hydrogen) atoms. The smallest absolute Gasteiger partial charge is 0.320 e. The number of aromatic nitrogens is 3. The van der Waals surface area contributed by atoms with Crippen LogP contribution in [-0.4, -0.2) is 173 Å². The highest BCUT2D eigenvalue weighted by Crippen LogP contribution is 2.18. The predicted molar refractivity (Wildman–Crippen MR) is 277 cm³/mol. The monoisotopic (exact) mass is 1070 g/mol. The molecule has 27 heteroatoms. The van der Waals surface area contributed by atoms with Crippen molar-refractivity contribution in [1.29, 1.82) is 5.40 Å². The summed E-state index contributed by atoms with van der Waals surface area (Å²) in [6.45, 7) is 3.57. The number of aliphatic hydroxyl groups is 1. The molecule has 2 aliphatic heterocycles. The molecule has 0 amide bonds. The van der Waals surface area contributed by atoms with E-state index >= 15 is 0 Å². The lowest BCUT2D eigenvalue weighted by molar-refractivity contribution is -0.140. The minimum atomic E-state index is -1.10. The molecule has 0 bridgehead atoms. The number of H-pyrrole nitrogens is 2. The molecule has 3 aromatic rings. The Kier molecular flexibility index (Phi) is 27.6. The number of nitrogens with one attached hydrogen (secondary N) is 6. The van der Waals surface area contributed by atoms with Crippen molar-refractivity contribution in [3.63, 3.8) is 0 Å². The van der Waals surface area contributed by atoms with E-state index in [9.17, 15) is 33.6 Å². The molecule has 5 rings (SSSR count). The van der Waals surface area contributed by atoms with E-state index in [1.807, 2.05) is 47.2 Å². The summed E-state index contributed by atoms with van der Waals surface area (Å²) in [5.41, 5.74) is 14.6. The molecule has 27 nitrogen and oxygen atoms in total. The molecular weight excluding hydrogens is 971 g/mol. The molecule has 1 aromatic carbocycles. The zero-order valence-electron chi connectivity index (χ0n) is 53.3. The number of hydrogen-bond acceptors (Lipinski definition) is 18. The first-order valence-electron chi connectivity index (χ1n) is 29.5. The largest absolute Gasteiger partial charge is 0.480 e. The standard InChI is InChI=1S/C11H12N2O2.C8H17N3O.C6H9N3O2.C6H14N2O2.C6H13NO2.C5H9NO3.C5H9NO2/c12-9(11(14)15)5-7-6-13-10-4-2-1-3-8(7)10;1-6(12)8(10)4-3-5-11-7(2)9;7-5(6(10)11)1-4-2-8-3-9-4;7-4-2-1-3-5(8)6(9)10;1-2-3-4-5(7)6(8)9;7-3-1-4(5(8)9)6-2-3;7-5(8)4-2-1-3-6-4/h1-4,6,9,13H,5,12H2,(H,14,15);8H,3-5,10H2,1-2H3,(H2,9,11);2-3,5H,1,7H2,(H,8,9)(H,10,11);5H,1-4,7-8H2,(H,9,10);5H,2-4,7H2,1H3,(H,8,9);3-4,6-7H,1-2H2,(H,8,9);4,6H,1-3H2,(H,7,8)/i;2D;;;1D;;/hD10. The fraction of sp³-hybridized carbons (Fsp3) is 0.596. The summed E-state index contributed by atoms with van der Waals surface area (Å²) in [5, 5.41) is 69.1. The van der Waals surface area contributed by atoms with Gasteiger partial charge in [0.25, 0.3) is 0 Å². The van der Waals surface area contributed by atoms with Crippen LogP contribution in [-0.2, 0) is 46.4 Å².